The third-order valence-corrected chi connectivity index (χ3v) is 5.98. The van der Waals surface area contributed by atoms with Crippen molar-refractivity contribution in [1.82, 2.24) is 15.8 Å². The Balaban J connectivity index is 1.80. The largest absolute Gasteiger partial charge is 0.497 e. The molecule has 0 aliphatic carbocycles. The van der Waals surface area contributed by atoms with Crippen LogP contribution in [-0.2, 0) is 11.3 Å². The Kier molecular flexibility index (Phi) is 8.63. The molecule has 0 aromatic heterocycles. The zero-order valence-corrected chi connectivity index (χ0v) is 19.0. The molecule has 1 aliphatic heterocycles. The summed E-state index contributed by atoms with van der Waals surface area (Å²) in [5, 5.41) is 0. The van der Waals surface area contributed by atoms with E-state index in [2.05, 4.69) is 0 Å². The minimum Gasteiger partial charge on any atom is -0.497 e. The molecule has 1 aliphatic rings. The van der Waals surface area contributed by atoms with Gasteiger partial charge in [0.15, 0.2) is 0 Å². The van der Waals surface area contributed by atoms with Gasteiger partial charge in [0, 0.05) is 41.4 Å². The van der Waals surface area contributed by atoms with Crippen LogP contribution in [0.1, 0.15) is 15.9 Å². The van der Waals surface area contributed by atoms with Crippen LogP contribution in [0.5, 0.6) is 5.75 Å². The number of ether oxygens (including phenoxy) is 1. The molecule has 1 saturated heterocycles. The molecule has 34 heavy (non-hydrogen) atoms. The molecule has 1 fully saturated rings. The van der Waals surface area contributed by atoms with E-state index in [1.54, 1.807) is 51.8 Å². The number of methoxy groups -OCH3 is 1. The predicted octanol–water partition coefficient (Wildman–Crippen LogP) is 3.04. The van der Waals surface area contributed by atoms with E-state index in [0.717, 1.165) is 17.6 Å². The van der Waals surface area contributed by atoms with Gasteiger partial charge in [0.2, 0.25) is 0 Å². The van der Waals surface area contributed by atoms with Crippen molar-refractivity contribution in [3.05, 3.63) is 59.4 Å². The van der Waals surface area contributed by atoms with E-state index in [9.17, 15) is 27.6 Å². The molecule has 0 unspecified atom stereocenters. The van der Waals surface area contributed by atoms with Crippen molar-refractivity contribution in [2.45, 2.75) is 13.0 Å². The number of amides is 4. The molecule has 0 bridgehead atoms. The van der Waals surface area contributed by atoms with Gasteiger partial charge in [-0.05, 0) is 36.4 Å². The van der Waals surface area contributed by atoms with E-state index in [1.165, 1.54) is 24.1 Å². The van der Waals surface area contributed by atoms with Crippen molar-refractivity contribution in [3.63, 3.8) is 0 Å². The number of hydrogen-bond donors (Lipinski definition) is 2. The SMILES string of the molecule is COc1ccc(N(Cc2ccc(C(=O)NNC(=O)C(F)F)cc2F)C(=O)N2CCSCC2)cc1. The number of carbonyl (C=O) groups excluding carboxylic acids is 3. The Morgan fingerprint density at radius 2 is 1.76 bits per heavy atom. The molecule has 8 nitrogen and oxygen atoms in total. The summed E-state index contributed by atoms with van der Waals surface area (Å²) in [5.74, 6) is -1.20. The second kappa shape index (κ2) is 11.6. The molecular formula is C22H23F3N4O4S. The number of halogens is 3. The first kappa shape index (κ1) is 25.2. The summed E-state index contributed by atoms with van der Waals surface area (Å²) in [4.78, 5) is 39.3. The monoisotopic (exact) mass is 496 g/mol. The van der Waals surface area contributed by atoms with E-state index in [1.807, 2.05) is 0 Å². The fourth-order valence-electron chi connectivity index (χ4n) is 3.19. The fourth-order valence-corrected chi connectivity index (χ4v) is 4.09. The molecule has 3 rings (SSSR count). The fraction of sp³-hybridized carbons (Fsp3) is 0.318. The summed E-state index contributed by atoms with van der Waals surface area (Å²) in [5.41, 5.74) is 3.84. The average molecular weight is 497 g/mol. The van der Waals surface area contributed by atoms with Gasteiger partial charge in [-0.15, -0.1) is 0 Å². The summed E-state index contributed by atoms with van der Waals surface area (Å²) in [7, 11) is 1.52. The molecule has 4 amide bonds. The maximum atomic E-state index is 14.9. The highest BCUT2D eigenvalue weighted by Crippen LogP contribution is 2.25. The van der Waals surface area contributed by atoms with E-state index in [0.29, 0.717) is 24.5 Å². The van der Waals surface area contributed by atoms with Crippen LogP contribution < -0.4 is 20.5 Å². The lowest BCUT2D eigenvalue weighted by Crippen LogP contribution is -2.46. The van der Waals surface area contributed by atoms with Crippen LogP contribution in [0.3, 0.4) is 0 Å². The van der Waals surface area contributed by atoms with E-state index < -0.39 is 24.1 Å². The first-order valence-corrected chi connectivity index (χ1v) is 11.4. The number of rotatable bonds is 6. The number of benzene rings is 2. The molecular weight excluding hydrogens is 473 g/mol. The molecule has 0 atom stereocenters. The molecule has 0 spiro atoms. The second-order valence-electron chi connectivity index (χ2n) is 7.22. The Labute approximate surface area is 198 Å². The van der Waals surface area contributed by atoms with Gasteiger partial charge >= 0.3 is 18.4 Å². The smallest absolute Gasteiger partial charge is 0.324 e. The van der Waals surface area contributed by atoms with Crippen LogP contribution in [0, 0.1) is 5.82 Å². The summed E-state index contributed by atoms with van der Waals surface area (Å²) in [6, 6.07) is 10.0. The van der Waals surface area contributed by atoms with Gasteiger partial charge < -0.3 is 9.64 Å². The maximum absolute atomic E-state index is 14.9. The quantitative estimate of drug-likeness (QED) is 0.600. The predicted molar refractivity (Wildman–Crippen MR) is 121 cm³/mol. The molecule has 12 heteroatoms. The number of thioether (sulfide) groups is 1. The minimum absolute atomic E-state index is 0.106. The standard InChI is InChI=1S/C22H23F3N4O4S/c1-33-17-6-4-16(5-7-17)29(22(32)28-8-10-34-11-9-28)13-15-3-2-14(12-18(15)23)20(30)26-27-21(31)19(24)25/h2-7,12,19H,8-11,13H2,1H3,(H,26,30)(H,27,31). The number of urea groups is 1. The lowest BCUT2D eigenvalue weighted by molar-refractivity contribution is -0.132. The number of nitrogens with zero attached hydrogens (tertiary/aromatic N) is 2. The third kappa shape index (κ3) is 6.34. The molecule has 2 aromatic carbocycles. The second-order valence-corrected chi connectivity index (χ2v) is 8.44. The van der Waals surface area contributed by atoms with Gasteiger partial charge in [-0.25, -0.2) is 9.18 Å². The Hall–Kier alpha value is -3.41. The van der Waals surface area contributed by atoms with Crippen LogP contribution >= 0.6 is 11.8 Å². The van der Waals surface area contributed by atoms with Crippen LogP contribution in [0.2, 0.25) is 0 Å². The number of hydrogen-bond acceptors (Lipinski definition) is 5. The number of carbonyl (C=O) groups is 3. The Bertz CT molecular complexity index is 1030. The minimum atomic E-state index is -3.31. The highest BCUT2D eigenvalue weighted by molar-refractivity contribution is 7.99. The number of hydrazine groups is 1. The van der Waals surface area contributed by atoms with Crippen molar-refractivity contribution >= 4 is 35.3 Å². The van der Waals surface area contributed by atoms with Gasteiger partial charge in [0.05, 0.1) is 13.7 Å². The molecule has 0 saturated carbocycles. The lowest BCUT2D eigenvalue weighted by Gasteiger charge is -2.33. The zero-order valence-electron chi connectivity index (χ0n) is 18.2. The van der Waals surface area contributed by atoms with Crippen LogP contribution in [0.25, 0.3) is 0 Å². The van der Waals surface area contributed by atoms with Crippen molar-refractivity contribution < 1.29 is 32.3 Å². The van der Waals surface area contributed by atoms with Gasteiger partial charge in [-0.1, -0.05) is 6.07 Å². The van der Waals surface area contributed by atoms with E-state index in [-0.39, 0.29) is 23.7 Å². The van der Waals surface area contributed by atoms with Crippen molar-refractivity contribution in [3.8, 4) is 5.75 Å². The highest BCUT2D eigenvalue weighted by atomic mass is 32.2. The van der Waals surface area contributed by atoms with Crippen LogP contribution in [0.15, 0.2) is 42.5 Å². The number of nitrogens with one attached hydrogen (secondary N) is 2. The van der Waals surface area contributed by atoms with Crippen LogP contribution in [0.4, 0.5) is 23.7 Å². The van der Waals surface area contributed by atoms with Crippen LogP contribution in [-0.4, -0.2) is 60.9 Å². The van der Waals surface area contributed by atoms with E-state index in [4.69, 9.17) is 4.74 Å². The van der Waals surface area contributed by atoms with Crippen molar-refractivity contribution in [1.29, 1.82) is 0 Å². The Morgan fingerprint density at radius 3 is 2.35 bits per heavy atom. The van der Waals surface area contributed by atoms with Gasteiger partial charge in [-0.3, -0.25) is 25.3 Å². The first-order chi connectivity index (χ1) is 16.3. The number of anilines is 1. The topological polar surface area (TPSA) is 91.0 Å². The van der Waals surface area contributed by atoms with Gasteiger partial charge in [0.25, 0.3) is 5.91 Å². The van der Waals surface area contributed by atoms with Gasteiger partial charge in [-0.2, -0.15) is 20.5 Å². The Morgan fingerprint density at radius 1 is 1.09 bits per heavy atom. The highest BCUT2D eigenvalue weighted by Gasteiger charge is 2.25. The zero-order chi connectivity index (χ0) is 24.7. The first-order valence-electron chi connectivity index (χ1n) is 10.2. The average Bonchev–Trinajstić information content (AvgIpc) is 2.86. The van der Waals surface area contributed by atoms with Gasteiger partial charge in [0.1, 0.15) is 11.6 Å². The van der Waals surface area contributed by atoms with Crippen molar-refractivity contribution in [2.24, 2.45) is 0 Å². The summed E-state index contributed by atoms with van der Waals surface area (Å²) in [6.07, 6.45) is -3.31. The normalized spacial score (nSPS) is 13.4. The van der Waals surface area contributed by atoms with E-state index >= 15 is 0 Å². The molecule has 0 radical (unpaired) electrons. The molecule has 2 aromatic rings. The maximum Gasteiger partial charge on any atom is 0.324 e. The summed E-state index contributed by atoms with van der Waals surface area (Å²) < 4.78 is 44.5. The molecule has 2 N–H and O–H groups in total. The molecule has 182 valence electrons. The number of alkyl halides is 2. The molecule has 1 heterocycles. The summed E-state index contributed by atoms with van der Waals surface area (Å²) >= 11 is 1.75. The lowest BCUT2D eigenvalue weighted by atomic mass is 10.1. The third-order valence-electron chi connectivity index (χ3n) is 5.04. The summed E-state index contributed by atoms with van der Waals surface area (Å²) in [6.45, 7) is 1.04. The van der Waals surface area contributed by atoms with Crippen molar-refractivity contribution in [2.75, 3.05) is 36.6 Å².